The molecule has 25 heavy (non-hydrogen) atoms. The summed E-state index contributed by atoms with van der Waals surface area (Å²) in [6.45, 7) is 5.87. The van der Waals surface area contributed by atoms with Crippen molar-refractivity contribution in [3.63, 3.8) is 0 Å². The van der Waals surface area contributed by atoms with Gasteiger partial charge in [0.1, 0.15) is 0 Å². The van der Waals surface area contributed by atoms with Gasteiger partial charge in [0.15, 0.2) is 11.5 Å². The minimum atomic E-state index is 0.132. The number of nitrogens with zero attached hydrogens (tertiary/aromatic N) is 1. The predicted octanol–water partition coefficient (Wildman–Crippen LogP) is 4.26. The minimum Gasteiger partial charge on any atom is -0.454 e. The number of aryl methyl sites for hydroxylation is 1. The van der Waals surface area contributed by atoms with Crippen LogP contribution in [0.3, 0.4) is 0 Å². The SMILES string of the molecule is CCN(Cc1ccc2c(c1)OCO2)C(=O)c1cc2c(s1)CCC(C)C2. The van der Waals surface area contributed by atoms with Crippen LogP contribution in [0, 0.1) is 5.92 Å². The molecule has 1 amide bonds. The molecule has 1 atom stereocenters. The van der Waals surface area contributed by atoms with E-state index in [4.69, 9.17) is 9.47 Å². The molecule has 2 aliphatic rings. The quantitative estimate of drug-likeness (QED) is 0.820. The fourth-order valence-corrected chi connectivity index (χ4v) is 4.73. The summed E-state index contributed by atoms with van der Waals surface area (Å²) in [7, 11) is 0. The van der Waals surface area contributed by atoms with Crippen LogP contribution in [0.4, 0.5) is 0 Å². The van der Waals surface area contributed by atoms with Crippen LogP contribution in [-0.4, -0.2) is 24.1 Å². The Hall–Kier alpha value is -2.01. The zero-order chi connectivity index (χ0) is 17.4. The van der Waals surface area contributed by atoms with Gasteiger partial charge in [-0.25, -0.2) is 0 Å². The lowest BCUT2D eigenvalue weighted by Crippen LogP contribution is -2.29. The standard InChI is InChI=1S/C20H23NO3S/c1-3-21(11-14-5-6-16-17(9-14)24-12-23-16)20(22)19-10-15-8-13(2)4-7-18(15)25-19/h5-6,9-10,13H,3-4,7-8,11-12H2,1-2H3. The number of benzene rings is 1. The average Bonchev–Trinajstić information content (AvgIpc) is 3.24. The molecule has 0 spiro atoms. The Labute approximate surface area is 152 Å². The summed E-state index contributed by atoms with van der Waals surface area (Å²) in [4.78, 5) is 17.2. The number of hydrogen-bond donors (Lipinski definition) is 0. The van der Waals surface area contributed by atoms with Crippen molar-refractivity contribution in [1.29, 1.82) is 0 Å². The highest BCUT2D eigenvalue weighted by molar-refractivity contribution is 7.14. The van der Waals surface area contributed by atoms with Crippen LogP contribution < -0.4 is 9.47 Å². The monoisotopic (exact) mass is 357 g/mol. The third-order valence-electron chi connectivity index (χ3n) is 5.02. The third-order valence-corrected chi connectivity index (χ3v) is 6.24. The summed E-state index contributed by atoms with van der Waals surface area (Å²) in [5.41, 5.74) is 2.45. The van der Waals surface area contributed by atoms with Crippen molar-refractivity contribution in [2.45, 2.75) is 39.7 Å². The molecule has 4 rings (SSSR count). The van der Waals surface area contributed by atoms with Crippen LogP contribution in [0.5, 0.6) is 11.5 Å². The number of hydrogen-bond acceptors (Lipinski definition) is 4. The van der Waals surface area contributed by atoms with Crippen molar-refractivity contribution >= 4 is 17.2 Å². The summed E-state index contributed by atoms with van der Waals surface area (Å²) in [5.74, 6) is 2.40. The van der Waals surface area contributed by atoms with Gasteiger partial charge in [0.2, 0.25) is 6.79 Å². The minimum absolute atomic E-state index is 0.132. The molecule has 0 fully saturated rings. The van der Waals surface area contributed by atoms with Crippen LogP contribution in [0.25, 0.3) is 0 Å². The molecule has 0 bridgehead atoms. The first-order valence-electron chi connectivity index (χ1n) is 8.93. The fourth-order valence-electron chi connectivity index (χ4n) is 3.55. The van der Waals surface area contributed by atoms with E-state index < -0.39 is 0 Å². The van der Waals surface area contributed by atoms with E-state index in [2.05, 4.69) is 13.0 Å². The van der Waals surface area contributed by atoms with Crippen LogP contribution in [-0.2, 0) is 19.4 Å². The van der Waals surface area contributed by atoms with E-state index >= 15 is 0 Å². The van der Waals surface area contributed by atoms with E-state index in [1.165, 1.54) is 16.9 Å². The summed E-state index contributed by atoms with van der Waals surface area (Å²) in [6.07, 6.45) is 3.45. The molecule has 2 heterocycles. The summed E-state index contributed by atoms with van der Waals surface area (Å²) < 4.78 is 10.8. The maximum absolute atomic E-state index is 13.0. The maximum atomic E-state index is 13.0. The van der Waals surface area contributed by atoms with Crippen molar-refractivity contribution in [2.24, 2.45) is 5.92 Å². The maximum Gasteiger partial charge on any atom is 0.264 e. The lowest BCUT2D eigenvalue weighted by molar-refractivity contribution is 0.0757. The molecule has 2 aromatic rings. The Bertz CT molecular complexity index is 798. The Kier molecular flexibility index (Phi) is 4.42. The van der Waals surface area contributed by atoms with Gasteiger partial charge in [-0.05, 0) is 61.4 Å². The van der Waals surface area contributed by atoms with Gasteiger partial charge < -0.3 is 14.4 Å². The molecule has 1 unspecified atom stereocenters. The number of rotatable bonds is 4. The van der Waals surface area contributed by atoms with Gasteiger partial charge in [-0.15, -0.1) is 11.3 Å². The molecular formula is C20H23NO3S. The zero-order valence-electron chi connectivity index (χ0n) is 14.7. The number of ether oxygens (including phenoxy) is 2. The van der Waals surface area contributed by atoms with Gasteiger partial charge in [0.25, 0.3) is 5.91 Å². The molecule has 5 heteroatoms. The van der Waals surface area contributed by atoms with Gasteiger partial charge in [-0.2, -0.15) is 0 Å². The van der Waals surface area contributed by atoms with E-state index in [1.807, 2.05) is 30.0 Å². The highest BCUT2D eigenvalue weighted by Crippen LogP contribution is 2.34. The Morgan fingerprint density at radius 1 is 1.28 bits per heavy atom. The molecule has 1 aromatic carbocycles. The Balaban J connectivity index is 1.52. The van der Waals surface area contributed by atoms with E-state index in [-0.39, 0.29) is 12.7 Å². The summed E-state index contributed by atoms with van der Waals surface area (Å²) in [6, 6.07) is 8.02. The zero-order valence-corrected chi connectivity index (χ0v) is 15.5. The second kappa shape index (κ2) is 6.71. The molecule has 132 valence electrons. The van der Waals surface area contributed by atoms with E-state index in [9.17, 15) is 4.79 Å². The molecule has 4 nitrogen and oxygen atoms in total. The van der Waals surface area contributed by atoms with Crippen molar-refractivity contribution in [3.8, 4) is 11.5 Å². The van der Waals surface area contributed by atoms with Gasteiger partial charge >= 0.3 is 0 Å². The third kappa shape index (κ3) is 3.25. The molecule has 0 radical (unpaired) electrons. The highest BCUT2D eigenvalue weighted by atomic mass is 32.1. The van der Waals surface area contributed by atoms with E-state index in [1.54, 1.807) is 11.3 Å². The number of carbonyl (C=O) groups excluding carboxylic acids is 1. The number of thiophene rings is 1. The first-order valence-corrected chi connectivity index (χ1v) is 9.75. The van der Waals surface area contributed by atoms with Crippen molar-refractivity contribution in [1.82, 2.24) is 4.90 Å². The van der Waals surface area contributed by atoms with Gasteiger partial charge in [-0.1, -0.05) is 13.0 Å². The van der Waals surface area contributed by atoms with Crippen LogP contribution >= 0.6 is 11.3 Å². The normalized spacial score (nSPS) is 18.1. The first kappa shape index (κ1) is 16.5. The summed E-state index contributed by atoms with van der Waals surface area (Å²) in [5, 5.41) is 0. The van der Waals surface area contributed by atoms with E-state index in [0.29, 0.717) is 13.1 Å². The molecule has 0 N–H and O–H groups in total. The highest BCUT2D eigenvalue weighted by Gasteiger charge is 2.23. The molecule has 1 aliphatic heterocycles. The molecule has 1 aromatic heterocycles. The van der Waals surface area contributed by atoms with Crippen molar-refractivity contribution < 1.29 is 14.3 Å². The molecule has 1 aliphatic carbocycles. The number of fused-ring (bicyclic) bond motifs is 2. The predicted molar refractivity (Wildman–Crippen MR) is 98.5 cm³/mol. The Morgan fingerprint density at radius 3 is 2.96 bits per heavy atom. The van der Waals surface area contributed by atoms with Crippen molar-refractivity contribution in [2.75, 3.05) is 13.3 Å². The van der Waals surface area contributed by atoms with Gasteiger partial charge in [0.05, 0.1) is 4.88 Å². The largest absolute Gasteiger partial charge is 0.454 e. The van der Waals surface area contributed by atoms with Crippen molar-refractivity contribution in [3.05, 3.63) is 45.1 Å². The second-order valence-electron chi connectivity index (χ2n) is 6.91. The number of amides is 1. The van der Waals surface area contributed by atoms with E-state index in [0.717, 1.165) is 40.7 Å². The van der Waals surface area contributed by atoms with Crippen LogP contribution in [0.2, 0.25) is 0 Å². The first-order chi connectivity index (χ1) is 12.1. The summed E-state index contributed by atoms with van der Waals surface area (Å²) >= 11 is 1.68. The smallest absolute Gasteiger partial charge is 0.264 e. The Morgan fingerprint density at radius 2 is 2.12 bits per heavy atom. The van der Waals surface area contributed by atoms with Gasteiger partial charge in [0, 0.05) is 18.0 Å². The lowest BCUT2D eigenvalue weighted by Gasteiger charge is -2.20. The van der Waals surface area contributed by atoms with Crippen LogP contribution in [0.15, 0.2) is 24.3 Å². The van der Waals surface area contributed by atoms with Gasteiger partial charge in [-0.3, -0.25) is 4.79 Å². The molecular weight excluding hydrogens is 334 g/mol. The topological polar surface area (TPSA) is 38.8 Å². The average molecular weight is 357 g/mol. The fraction of sp³-hybridized carbons (Fsp3) is 0.450. The second-order valence-corrected chi connectivity index (χ2v) is 8.05. The molecule has 0 saturated heterocycles. The molecule has 0 saturated carbocycles. The number of carbonyl (C=O) groups is 1. The van der Waals surface area contributed by atoms with Crippen LogP contribution in [0.1, 0.15) is 45.9 Å². The lowest BCUT2D eigenvalue weighted by atomic mass is 9.90.